The van der Waals surface area contributed by atoms with Gasteiger partial charge in [0.15, 0.2) is 6.29 Å². The van der Waals surface area contributed by atoms with E-state index in [1.807, 2.05) is 41.4 Å². The van der Waals surface area contributed by atoms with Crippen LogP contribution in [-0.2, 0) is 20.7 Å². The van der Waals surface area contributed by atoms with Crippen LogP contribution < -0.4 is 0 Å². The Balaban J connectivity index is 1.36. The molecule has 0 N–H and O–H groups in total. The zero-order valence-electron chi connectivity index (χ0n) is 18.7. The average Bonchev–Trinajstić information content (AvgIpc) is 3.56. The third-order valence-electron chi connectivity index (χ3n) is 6.43. The van der Waals surface area contributed by atoms with E-state index in [9.17, 15) is 14.9 Å². The van der Waals surface area contributed by atoms with Crippen molar-refractivity contribution in [2.24, 2.45) is 5.92 Å². The van der Waals surface area contributed by atoms with Crippen LogP contribution in [0.5, 0.6) is 0 Å². The van der Waals surface area contributed by atoms with Crippen LogP contribution >= 0.6 is 0 Å². The Bertz CT molecular complexity index is 1150. The Kier molecular flexibility index (Phi) is 6.37. The number of hydrogen-bond acceptors (Lipinski definition) is 6. The lowest BCUT2D eigenvalue weighted by Gasteiger charge is -2.33. The molecule has 0 radical (unpaired) electrons. The molecule has 1 aromatic heterocycles. The van der Waals surface area contributed by atoms with Crippen LogP contribution in [0.2, 0.25) is 0 Å². The number of piperidine rings is 1. The summed E-state index contributed by atoms with van der Waals surface area (Å²) < 4.78 is 13.0. The molecule has 34 heavy (non-hydrogen) atoms. The van der Waals surface area contributed by atoms with Crippen LogP contribution in [0.25, 0.3) is 16.9 Å². The van der Waals surface area contributed by atoms with Gasteiger partial charge in [-0.05, 0) is 37.1 Å². The molecule has 9 heteroatoms. The number of ether oxygens (including phenoxy) is 2. The molecule has 0 atom stereocenters. The van der Waals surface area contributed by atoms with E-state index in [2.05, 4.69) is 0 Å². The molecule has 0 aliphatic carbocycles. The zero-order chi connectivity index (χ0) is 23.5. The quantitative estimate of drug-likeness (QED) is 0.410. The molecule has 3 heterocycles. The monoisotopic (exact) mass is 462 g/mol. The van der Waals surface area contributed by atoms with Gasteiger partial charge in [0, 0.05) is 48.5 Å². The Morgan fingerprint density at radius 2 is 1.71 bits per heavy atom. The van der Waals surface area contributed by atoms with Crippen LogP contribution in [0.15, 0.2) is 60.8 Å². The first kappa shape index (κ1) is 22.2. The van der Waals surface area contributed by atoms with Crippen molar-refractivity contribution in [1.29, 1.82) is 0 Å². The van der Waals surface area contributed by atoms with E-state index in [-0.39, 0.29) is 24.3 Å². The summed E-state index contributed by atoms with van der Waals surface area (Å²) in [5.74, 6) is 0.366. The minimum absolute atomic E-state index is 0.0157. The number of para-hydroxylation sites is 1. The number of carbonyl (C=O) groups is 1. The molecule has 1 amide bonds. The van der Waals surface area contributed by atoms with Gasteiger partial charge in [0.2, 0.25) is 5.91 Å². The van der Waals surface area contributed by atoms with Gasteiger partial charge in [-0.2, -0.15) is 5.10 Å². The standard InChI is InChI=1S/C25H26N4O5/c30-23(27-12-10-19(11-13-27)25-33-14-15-34-25)16-20-17-28(21-4-2-1-3-5-21)26-24(20)18-6-8-22(9-7-18)29(31)32/h1-9,17,19,25H,10-16H2. The molecular formula is C25H26N4O5. The van der Waals surface area contributed by atoms with Crippen molar-refractivity contribution >= 4 is 11.6 Å². The minimum Gasteiger partial charge on any atom is -0.350 e. The van der Waals surface area contributed by atoms with Gasteiger partial charge < -0.3 is 14.4 Å². The number of nitrogens with zero attached hydrogens (tertiary/aromatic N) is 4. The SMILES string of the molecule is O=C(Cc1cn(-c2ccccc2)nc1-c1ccc([N+](=O)[O-])cc1)N1CCC(C2OCCO2)CC1. The molecule has 0 spiro atoms. The summed E-state index contributed by atoms with van der Waals surface area (Å²) in [5, 5.41) is 15.8. The second kappa shape index (κ2) is 9.74. The molecule has 0 unspecified atom stereocenters. The number of benzene rings is 2. The van der Waals surface area contributed by atoms with Crippen molar-refractivity contribution in [3.05, 3.63) is 76.5 Å². The highest BCUT2D eigenvalue weighted by Gasteiger charge is 2.32. The molecule has 2 saturated heterocycles. The number of likely N-dealkylation sites (tertiary alicyclic amines) is 1. The molecule has 2 aliphatic rings. The van der Waals surface area contributed by atoms with E-state index in [1.54, 1.807) is 16.8 Å². The fourth-order valence-electron chi connectivity index (χ4n) is 4.58. The third-order valence-corrected chi connectivity index (χ3v) is 6.43. The van der Waals surface area contributed by atoms with Crippen molar-refractivity contribution in [3.8, 4) is 16.9 Å². The maximum Gasteiger partial charge on any atom is 0.269 e. The first-order valence-corrected chi connectivity index (χ1v) is 11.5. The van der Waals surface area contributed by atoms with Crippen molar-refractivity contribution in [1.82, 2.24) is 14.7 Å². The molecule has 5 rings (SSSR count). The van der Waals surface area contributed by atoms with Crippen molar-refractivity contribution in [3.63, 3.8) is 0 Å². The predicted octanol–water partition coefficient (Wildman–Crippen LogP) is 3.60. The molecule has 2 aromatic carbocycles. The van der Waals surface area contributed by atoms with Gasteiger partial charge >= 0.3 is 0 Å². The summed E-state index contributed by atoms with van der Waals surface area (Å²) >= 11 is 0. The van der Waals surface area contributed by atoms with Crippen molar-refractivity contribution < 1.29 is 19.2 Å². The number of carbonyl (C=O) groups excluding carboxylic acids is 1. The van der Waals surface area contributed by atoms with Crippen LogP contribution in [0, 0.1) is 16.0 Å². The van der Waals surface area contributed by atoms with E-state index >= 15 is 0 Å². The third kappa shape index (κ3) is 4.71. The van der Waals surface area contributed by atoms with Gasteiger partial charge in [0.25, 0.3) is 5.69 Å². The van der Waals surface area contributed by atoms with Crippen LogP contribution in [0.1, 0.15) is 18.4 Å². The highest BCUT2D eigenvalue weighted by atomic mass is 16.7. The predicted molar refractivity (Wildman–Crippen MR) is 124 cm³/mol. The second-order valence-corrected chi connectivity index (χ2v) is 8.59. The molecule has 176 valence electrons. The van der Waals surface area contributed by atoms with Gasteiger partial charge in [-0.25, -0.2) is 4.68 Å². The van der Waals surface area contributed by atoms with Crippen molar-refractivity contribution in [2.45, 2.75) is 25.6 Å². The normalized spacial score (nSPS) is 17.2. The Morgan fingerprint density at radius 1 is 1.03 bits per heavy atom. The van der Waals surface area contributed by atoms with Crippen LogP contribution in [0.4, 0.5) is 5.69 Å². The number of aromatic nitrogens is 2. The summed E-state index contributed by atoms with van der Waals surface area (Å²) in [6, 6.07) is 15.9. The minimum atomic E-state index is -0.429. The van der Waals surface area contributed by atoms with Gasteiger partial charge in [-0.15, -0.1) is 0 Å². The molecular weight excluding hydrogens is 436 g/mol. The van der Waals surface area contributed by atoms with Gasteiger partial charge in [0.05, 0.1) is 35.9 Å². The maximum absolute atomic E-state index is 13.2. The molecule has 2 aliphatic heterocycles. The fraction of sp³-hybridized carbons (Fsp3) is 0.360. The average molecular weight is 463 g/mol. The summed E-state index contributed by atoms with van der Waals surface area (Å²) in [4.78, 5) is 25.7. The molecule has 3 aromatic rings. The Hall–Kier alpha value is -3.56. The first-order valence-electron chi connectivity index (χ1n) is 11.5. The van der Waals surface area contributed by atoms with E-state index in [4.69, 9.17) is 14.6 Å². The first-order chi connectivity index (χ1) is 16.6. The van der Waals surface area contributed by atoms with Crippen molar-refractivity contribution in [2.75, 3.05) is 26.3 Å². The van der Waals surface area contributed by atoms with Crippen LogP contribution in [-0.4, -0.2) is 58.1 Å². The topological polar surface area (TPSA) is 99.7 Å². The fourth-order valence-corrected chi connectivity index (χ4v) is 4.58. The van der Waals surface area contributed by atoms with Gasteiger partial charge in [-0.3, -0.25) is 14.9 Å². The highest BCUT2D eigenvalue weighted by molar-refractivity contribution is 5.81. The maximum atomic E-state index is 13.2. The molecule has 9 nitrogen and oxygen atoms in total. The lowest BCUT2D eigenvalue weighted by Crippen LogP contribution is -2.42. The number of nitro benzene ring substituents is 1. The highest BCUT2D eigenvalue weighted by Crippen LogP contribution is 2.29. The van der Waals surface area contributed by atoms with Gasteiger partial charge in [0.1, 0.15) is 0 Å². The van der Waals surface area contributed by atoms with E-state index in [0.29, 0.717) is 37.9 Å². The van der Waals surface area contributed by atoms with Gasteiger partial charge in [-0.1, -0.05) is 18.2 Å². The summed E-state index contributed by atoms with van der Waals surface area (Å²) in [6.45, 7) is 2.63. The number of rotatable bonds is 6. The van der Waals surface area contributed by atoms with E-state index < -0.39 is 4.92 Å². The Labute approximate surface area is 197 Å². The molecule has 2 fully saturated rings. The lowest BCUT2D eigenvalue weighted by atomic mass is 9.95. The number of hydrogen-bond donors (Lipinski definition) is 0. The largest absolute Gasteiger partial charge is 0.350 e. The number of nitro groups is 1. The Morgan fingerprint density at radius 3 is 2.35 bits per heavy atom. The van der Waals surface area contributed by atoms with E-state index in [0.717, 1.165) is 29.7 Å². The number of non-ortho nitro benzene ring substituents is 1. The zero-order valence-corrected chi connectivity index (χ0v) is 18.7. The second-order valence-electron chi connectivity index (χ2n) is 8.59. The summed E-state index contributed by atoms with van der Waals surface area (Å²) in [6.07, 6.45) is 3.65. The summed E-state index contributed by atoms with van der Waals surface area (Å²) in [5.41, 5.74) is 3.06. The van der Waals surface area contributed by atoms with E-state index in [1.165, 1.54) is 12.1 Å². The summed E-state index contributed by atoms with van der Waals surface area (Å²) in [7, 11) is 0. The van der Waals surface area contributed by atoms with Crippen LogP contribution in [0.3, 0.4) is 0 Å². The molecule has 0 bridgehead atoms. The smallest absolute Gasteiger partial charge is 0.269 e. The molecule has 0 saturated carbocycles. The lowest BCUT2D eigenvalue weighted by molar-refractivity contribution is -0.384. The number of amides is 1.